The van der Waals surface area contributed by atoms with Crippen molar-refractivity contribution < 1.29 is 38.6 Å². The van der Waals surface area contributed by atoms with Gasteiger partial charge in [0.1, 0.15) is 40.1 Å². The maximum absolute atomic E-state index is 14.5. The molecule has 8 heteroatoms. The molecular weight excluding hydrogens is 596 g/mol. The second-order valence-corrected chi connectivity index (χ2v) is 15.9. The summed E-state index contributed by atoms with van der Waals surface area (Å²) < 4.78 is 13.3. The highest BCUT2D eigenvalue weighted by Crippen LogP contribution is 2.63. The number of hydrogen-bond donors (Lipinski definition) is 1. The van der Waals surface area contributed by atoms with Crippen LogP contribution in [0.3, 0.4) is 0 Å². The van der Waals surface area contributed by atoms with E-state index in [0.717, 1.165) is 0 Å². The number of rotatable bonds is 9. The molecule has 0 saturated carbocycles. The second kappa shape index (κ2) is 11.9. The van der Waals surface area contributed by atoms with E-state index in [1.807, 2.05) is 34.6 Å². The minimum absolute atomic E-state index is 0.0168. The van der Waals surface area contributed by atoms with E-state index in [4.69, 9.17) is 9.47 Å². The summed E-state index contributed by atoms with van der Waals surface area (Å²) in [5.74, 6) is -3.52. The minimum atomic E-state index is -1.35. The van der Waals surface area contributed by atoms with Crippen LogP contribution in [0.4, 0.5) is 0 Å². The van der Waals surface area contributed by atoms with Crippen LogP contribution >= 0.6 is 0 Å². The van der Waals surface area contributed by atoms with Gasteiger partial charge in [-0.2, -0.15) is 0 Å². The van der Waals surface area contributed by atoms with Gasteiger partial charge >= 0.3 is 0 Å². The summed E-state index contributed by atoms with van der Waals surface area (Å²) in [5, 5.41) is 12.2. The van der Waals surface area contributed by atoms with Crippen molar-refractivity contribution >= 4 is 28.9 Å². The molecule has 256 valence electrons. The van der Waals surface area contributed by atoms with Gasteiger partial charge in [0, 0.05) is 52.9 Å². The monoisotopic (exact) mass is 648 g/mol. The molecule has 0 amide bonds. The number of carbonyl (C=O) groups is 5. The highest BCUT2D eigenvalue weighted by molar-refractivity contribution is 6.20. The molecule has 2 heterocycles. The lowest BCUT2D eigenvalue weighted by Gasteiger charge is -2.47. The van der Waals surface area contributed by atoms with Gasteiger partial charge in [0.25, 0.3) is 0 Å². The summed E-state index contributed by atoms with van der Waals surface area (Å²) in [6.45, 7) is 24.8. The van der Waals surface area contributed by atoms with Crippen LogP contribution in [0, 0.1) is 34.0 Å². The Balaban J connectivity index is 2.23. The van der Waals surface area contributed by atoms with Crippen LogP contribution in [0.2, 0.25) is 0 Å². The molecule has 0 fully saturated rings. The van der Waals surface area contributed by atoms with Gasteiger partial charge in [0.2, 0.25) is 0 Å². The standard InChI is InChI=1S/C39H52O8/c1-15-20-24(33(43)37(9,10)21(40)16-2)22(17(3)4)26-31-25(30(42)28(32(26)46-20)29(41)19(7)8)23(18(5)6)27-34(44)38(11,12)36(45)39(13,14)35(27)47-31/h17-19,22-23,42H,15-16H2,1-14H3/t22-,23+/m0/s1. The Morgan fingerprint density at radius 1 is 0.830 bits per heavy atom. The third kappa shape index (κ3) is 5.12. The van der Waals surface area contributed by atoms with Crippen molar-refractivity contribution in [1.82, 2.24) is 0 Å². The first kappa shape index (κ1) is 36.3. The van der Waals surface area contributed by atoms with E-state index in [9.17, 15) is 29.1 Å². The van der Waals surface area contributed by atoms with Crippen molar-refractivity contribution in [3.63, 3.8) is 0 Å². The predicted octanol–water partition coefficient (Wildman–Crippen LogP) is 8.19. The van der Waals surface area contributed by atoms with Gasteiger partial charge in [0.15, 0.2) is 23.1 Å². The van der Waals surface area contributed by atoms with E-state index in [2.05, 4.69) is 0 Å². The molecule has 47 heavy (non-hydrogen) atoms. The van der Waals surface area contributed by atoms with Crippen LogP contribution in [-0.2, 0) is 19.2 Å². The highest BCUT2D eigenvalue weighted by Gasteiger charge is 2.59. The Bertz CT molecular complexity index is 1660. The van der Waals surface area contributed by atoms with Crippen LogP contribution in [0.1, 0.15) is 143 Å². The summed E-state index contributed by atoms with van der Waals surface area (Å²) in [6, 6.07) is 0. The van der Waals surface area contributed by atoms with Crippen molar-refractivity contribution in [2.24, 2.45) is 34.0 Å². The quantitative estimate of drug-likeness (QED) is 0.210. The van der Waals surface area contributed by atoms with E-state index in [-0.39, 0.29) is 81.3 Å². The number of aromatic hydroxyl groups is 1. The highest BCUT2D eigenvalue weighted by atomic mass is 16.5. The van der Waals surface area contributed by atoms with Crippen molar-refractivity contribution in [1.29, 1.82) is 0 Å². The van der Waals surface area contributed by atoms with Gasteiger partial charge < -0.3 is 14.6 Å². The molecule has 3 aliphatic rings. The summed E-state index contributed by atoms with van der Waals surface area (Å²) in [4.78, 5) is 69.8. The molecular formula is C39H52O8. The topological polar surface area (TPSA) is 124 Å². The average Bonchev–Trinajstić information content (AvgIpc) is 3.00. The van der Waals surface area contributed by atoms with Crippen molar-refractivity contribution in [3.8, 4) is 17.2 Å². The van der Waals surface area contributed by atoms with E-state index >= 15 is 0 Å². The van der Waals surface area contributed by atoms with E-state index in [1.54, 1.807) is 62.3 Å². The number of fused-ring (bicyclic) bond motifs is 3. The zero-order valence-electron chi connectivity index (χ0n) is 30.6. The van der Waals surface area contributed by atoms with E-state index in [1.165, 1.54) is 0 Å². The lowest BCUT2D eigenvalue weighted by molar-refractivity contribution is -0.145. The predicted molar refractivity (Wildman–Crippen MR) is 180 cm³/mol. The van der Waals surface area contributed by atoms with E-state index < -0.39 is 34.0 Å². The summed E-state index contributed by atoms with van der Waals surface area (Å²) >= 11 is 0. The molecule has 2 aliphatic heterocycles. The fourth-order valence-corrected chi connectivity index (χ4v) is 7.78. The molecule has 0 saturated heterocycles. The van der Waals surface area contributed by atoms with Crippen molar-refractivity contribution in [2.45, 2.75) is 122 Å². The number of phenolic OH excluding ortho intramolecular Hbond substituents is 1. The second-order valence-electron chi connectivity index (χ2n) is 15.9. The van der Waals surface area contributed by atoms with Crippen LogP contribution < -0.4 is 9.47 Å². The molecule has 0 spiro atoms. The number of carbonyl (C=O) groups excluding carboxylic acids is 5. The zero-order chi connectivity index (χ0) is 35.9. The molecule has 1 aromatic carbocycles. The van der Waals surface area contributed by atoms with Gasteiger partial charge in [-0.05, 0) is 53.4 Å². The number of allylic oxidation sites excluding steroid dienone is 4. The maximum atomic E-state index is 14.5. The molecule has 0 radical (unpaired) electrons. The van der Waals surface area contributed by atoms with Crippen LogP contribution in [-0.4, -0.2) is 34.0 Å². The third-order valence-electron chi connectivity index (χ3n) is 10.4. The Hall–Kier alpha value is -3.55. The van der Waals surface area contributed by atoms with Gasteiger partial charge in [-0.15, -0.1) is 0 Å². The Labute approximate surface area is 279 Å². The molecule has 2 atom stereocenters. The first-order chi connectivity index (χ1) is 21.5. The van der Waals surface area contributed by atoms with Crippen LogP contribution in [0.25, 0.3) is 0 Å². The zero-order valence-corrected chi connectivity index (χ0v) is 30.6. The van der Waals surface area contributed by atoms with Gasteiger partial charge in [-0.1, -0.05) is 55.4 Å². The van der Waals surface area contributed by atoms with Gasteiger partial charge in [0.05, 0.1) is 16.2 Å². The smallest absolute Gasteiger partial charge is 0.175 e. The molecule has 0 aromatic heterocycles. The van der Waals surface area contributed by atoms with E-state index in [0.29, 0.717) is 28.9 Å². The third-order valence-corrected chi connectivity index (χ3v) is 10.4. The lowest BCUT2D eigenvalue weighted by Crippen LogP contribution is -2.52. The fraction of sp³-hybridized carbons (Fsp3) is 0.615. The number of Topliss-reactive ketones (excluding diaryl/α,β-unsaturated/α-hetero) is 5. The molecule has 1 aromatic rings. The van der Waals surface area contributed by atoms with Crippen molar-refractivity contribution in [2.75, 3.05) is 0 Å². The number of phenols is 1. The first-order valence-electron chi connectivity index (χ1n) is 17.0. The average molecular weight is 649 g/mol. The Morgan fingerprint density at radius 2 is 1.38 bits per heavy atom. The van der Waals surface area contributed by atoms with Gasteiger partial charge in [-0.25, -0.2) is 0 Å². The number of ketones is 5. The number of benzene rings is 1. The van der Waals surface area contributed by atoms with Gasteiger partial charge in [-0.3, -0.25) is 24.0 Å². The number of hydrogen-bond acceptors (Lipinski definition) is 8. The lowest BCUT2D eigenvalue weighted by atomic mass is 9.59. The summed E-state index contributed by atoms with van der Waals surface area (Å²) in [5.41, 5.74) is -2.57. The normalized spacial score (nSPS) is 21.8. The first-order valence-corrected chi connectivity index (χ1v) is 17.0. The molecule has 0 unspecified atom stereocenters. The maximum Gasteiger partial charge on any atom is 0.175 e. The molecule has 4 rings (SSSR count). The fourth-order valence-electron chi connectivity index (χ4n) is 7.78. The van der Waals surface area contributed by atoms with Crippen LogP contribution in [0.5, 0.6) is 17.2 Å². The molecule has 1 aliphatic carbocycles. The summed E-state index contributed by atoms with van der Waals surface area (Å²) in [6.07, 6.45) is 0.473. The summed E-state index contributed by atoms with van der Waals surface area (Å²) in [7, 11) is 0. The largest absolute Gasteiger partial charge is 0.507 e. The van der Waals surface area contributed by atoms with Crippen LogP contribution in [0.15, 0.2) is 22.7 Å². The number of ether oxygens (including phenoxy) is 2. The molecule has 8 nitrogen and oxygen atoms in total. The van der Waals surface area contributed by atoms with Crippen molar-refractivity contribution in [3.05, 3.63) is 39.4 Å². The Kier molecular flexibility index (Phi) is 9.15. The Morgan fingerprint density at radius 3 is 1.85 bits per heavy atom. The molecule has 1 N–H and O–H groups in total. The SMILES string of the molecule is CCC(=O)C(C)(C)C(=O)C1=C(CC)Oc2c(C(=O)C(C)C)c(O)c3c(c2[C@H]1C(C)C)OC1=C(C(=O)C(C)(C)C(=O)C1(C)C)[C@@H]3C(C)C. The molecule has 0 bridgehead atoms. The minimum Gasteiger partial charge on any atom is -0.507 e.